The molecule has 2 aliphatic rings. The first-order chi connectivity index (χ1) is 11.4. The van der Waals surface area contributed by atoms with Crippen molar-refractivity contribution in [3.63, 3.8) is 0 Å². The summed E-state index contributed by atoms with van der Waals surface area (Å²) < 4.78 is 1.08. The molecule has 1 aromatic heterocycles. The van der Waals surface area contributed by atoms with Gasteiger partial charge in [0.05, 0.1) is 5.69 Å². The minimum absolute atomic E-state index is 0.233. The molecule has 1 aromatic carbocycles. The monoisotopic (exact) mass is 403 g/mol. The van der Waals surface area contributed by atoms with Crippen LogP contribution in [0, 0.1) is 16.7 Å². The highest BCUT2D eigenvalue weighted by Crippen LogP contribution is 2.63. The second-order valence-corrected chi connectivity index (χ2v) is 9.48. The van der Waals surface area contributed by atoms with E-state index in [0.29, 0.717) is 5.41 Å². The van der Waals surface area contributed by atoms with Crippen molar-refractivity contribution >= 4 is 38.1 Å². The van der Waals surface area contributed by atoms with Gasteiger partial charge in [-0.25, -0.2) is 4.98 Å². The first-order valence-electron chi connectivity index (χ1n) is 8.45. The topological polar surface area (TPSA) is 37.3 Å². The predicted octanol–water partition coefficient (Wildman–Crippen LogP) is 6.19. The van der Waals surface area contributed by atoms with Gasteiger partial charge in [-0.1, -0.05) is 48.8 Å². The van der Waals surface area contributed by atoms with Crippen LogP contribution in [0.4, 0.5) is 5.13 Å². The van der Waals surface area contributed by atoms with Crippen LogP contribution in [0.15, 0.2) is 39.2 Å². The molecule has 0 spiro atoms. The molecule has 0 amide bonds. The molecular formula is C19H22BrN3S. The van der Waals surface area contributed by atoms with Crippen LogP contribution in [-0.2, 0) is 0 Å². The average Bonchev–Trinajstić information content (AvgIpc) is 3.16. The summed E-state index contributed by atoms with van der Waals surface area (Å²) in [6.45, 7) is 7.19. The molecule has 2 aromatic rings. The van der Waals surface area contributed by atoms with Gasteiger partial charge in [0.1, 0.15) is 0 Å². The zero-order chi connectivity index (χ0) is 16.9. The van der Waals surface area contributed by atoms with Crippen LogP contribution in [0.2, 0.25) is 0 Å². The predicted molar refractivity (Wildman–Crippen MR) is 106 cm³/mol. The van der Waals surface area contributed by atoms with Gasteiger partial charge in [-0.05, 0) is 42.7 Å². The molecule has 1 heterocycles. The van der Waals surface area contributed by atoms with E-state index in [1.54, 1.807) is 11.3 Å². The minimum Gasteiger partial charge on any atom is -0.253 e. The molecule has 0 aliphatic heterocycles. The van der Waals surface area contributed by atoms with E-state index in [1.165, 1.54) is 18.6 Å². The van der Waals surface area contributed by atoms with Gasteiger partial charge >= 0.3 is 0 Å². The first-order valence-corrected chi connectivity index (χ1v) is 10.1. The van der Waals surface area contributed by atoms with E-state index < -0.39 is 0 Å². The zero-order valence-electron chi connectivity index (χ0n) is 14.3. The van der Waals surface area contributed by atoms with Crippen molar-refractivity contribution in [2.45, 2.75) is 40.0 Å². The van der Waals surface area contributed by atoms with Crippen LogP contribution in [0.3, 0.4) is 0 Å². The summed E-state index contributed by atoms with van der Waals surface area (Å²) in [5.74, 6) is 0.776. The lowest BCUT2D eigenvalue weighted by Gasteiger charge is -2.34. The molecule has 24 heavy (non-hydrogen) atoms. The van der Waals surface area contributed by atoms with E-state index >= 15 is 0 Å². The van der Waals surface area contributed by atoms with E-state index in [4.69, 9.17) is 5.10 Å². The molecule has 126 valence electrons. The lowest BCUT2D eigenvalue weighted by Crippen LogP contribution is -2.32. The molecule has 2 saturated carbocycles. The van der Waals surface area contributed by atoms with Crippen LogP contribution in [0.1, 0.15) is 40.0 Å². The van der Waals surface area contributed by atoms with Gasteiger partial charge in [0.25, 0.3) is 0 Å². The molecule has 2 aliphatic carbocycles. The number of halogens is 1. The smallest absolute Gasteiger partial charge is 0.203 e. The average molecular weight is 404 g/mol. The Morgan fingerprint density at radius 1 is 1.25 bits per heavy atom. The largest absolute Gasteiger partial charge is 0.253 e. The second kappa shape index (κ2) is 5.67. The molecule has 2 bridgehead atoms. The first kappa shape index (κ1) is 16.3. The third kappa shape index (κ3) is 2.44. The summed E-state index contributed by atoms with van der Waals surface area (Å²) in [6.07, 6.45) is 3.72. The van der Waals surface area contributed by atoms with Crippen molar-refractivity contribution in [2.75, 3.05) is 5.43 Å². The van der Waals surface area contributed by atoms with Crippen LogP contribution >= 0.6 is 27.3 Å². The van der Waals surface area contributed by atoms with Gasteiger partial charge in [0.2, 0.25) is 5.13 Å². The minimum atomic E-state index is 0.233. The van der Waals surface area contributed by atoms with Gasteiger partial charge in [-0.2, -0.15) is 5.10 Å². The Kier molecular flexibility index (Phi) is 3.84. The van der Waals surface area contributed by atoms with Crippen LogP contribution < -0.4 is 5.43 Å². The van der Waals surface area contributed by atoms with Crippen molar-refractivity contribution in [1.82, 2.24) is 4.98 Å². The van der Waals surface area contributed by atoms with E-state index in [9.17, 15) is 0 Å². The standard InChI is InChI=1S/C19H22BrN3S/c1-18(2)13-8-9-19(18,3)16(10-13)22-23-17-21-15(11-24-17)12-4-6-14(20)7-5-12/h4-7,11,13H,8-10H2,1-3H3,(H,21,23)/b22-16+/t13-,19+/m1/s1. The normalized spacial score (nSPS) is 29.3. The Morgan fingerprint density at radius 3 is 2.62 bits per heavy atom. The fourth-order valence-electron chi connectivity index (χ4n) is 4.29. The van der Waals surface area contributed by atoms with Crippen LogP contribution in [0.5, 0.6) is 0 Å². The number of anilines is 1. The number of aromatic nitrogens is 1. The Hall–Kier alpha value is -1.20. The molecule has 0 radical (unpaired) electrons. The number of fused-ring (bicyclic) bond motifs is 2. The Balaban J connectivity index is 1.52. The van der Waals surface area contributed by atoms with Gasteiger partial charge in [-0.15, -0.1) is 11.3 Å². The highest BCUT2D eigenvalue weighted by Gasteiger charge is 2.59. The van der Waals surface area contributed by atoms with Gasteiger partial charge < -0.3 is 0 Å². The van der Waals surface area contributed by atoms with Crippen molar-refractivity contribution in [2.24, 2.45) is 21.8 Å². The Labute approximate surface area is 155 Å². The maximum Gasteiger partial charge on any atom is 0.203 e. The quantitative estimate of drug-likeness (QED) is 0.620. The molecule has 2 fully saturated rings. The fourth-order valence-corrected chi connectivity index (χ4v) is 5.22. The van der Waals surface area contributed by atoms with Crippen molar-refractivity contribution in [1.29, 1.82) is 0 Å². The van der Waals surface area contributed by atoms with Gasteiger partial charge in [0.15, 0.2) is 0 Å². The lowest BCUT2D eigenvalue weighted by molar-refractivity contribution is 0.194. The number of rotatable bonds is 3. The maximum absolute atomic E-state index is 4.77. The zero-order valence-corrected chi connectivity index (χ0v) is 16.7. The number of hydrogen-bond acceptors (Lipinski definition) is 4. The number of thiazole rings is 1. The number of hydrogen-bond donors (Lipinski definition) is 1. The van der Waals surface area contributed by atoms with Crippen molar-refractivity contribution in [3.8, 4) is 11.3 Å². The highest BCUT2D eigenvalue weighted by atomic mass is 79.9. The number of hydrazone groups is 1. The van der Waals surface area contributed by atoms with E-state index in [2.05, 4.69) is 64.6 Å². The third-order valence-corrected chi connectivity index (χ3v) is 7.72. The Bertz CT molecular complexity index is 793. The molecule has 1 N–H and O–H groups in total. The molecular weight excluding hydrogens is 382 g/mol. The third-order valence-electron chi connectivity index (χ3n) is 6.44. The lowest BCUT2D eigenvalue weighted by atomic mass is 9.70. The van der Waals surface area contributed by atoms with E-state index in [0.717, 1.165) is 33.2 Å². The molecule has 3 nitrogen and oxygen atoms in total. The van der Waals surface area contributed by atoms with E-state index in [1.807, 2.05) is 12.1 Å². The maximum atomic E-state index is 4.77. The van der Waals surface area contributed by atoms with Gasteiger partial charge in [-0.3, -0.25) is 5.43 Å². The summed E-state index contributed by atoms with van der Waals surface area (Å²) in [5.41, 5.74) is 7.26. The summed E-state index contributed by atoms with van der Waals surface area (Å²) in [4.78, 5) is 4.68. The molecule has 0 unspecified atom stereocenters. The molecule has 2 atom stereocenters. The summed E-state index contributed by atoms with van der Waals surface area (Å²) in [6, 6.07) is 8.24. The highest BCUT2D eigenvalue weighted by molar-refractivity contribution is 9.10. The summed E-state index contributed by atoms with van der Waals surface area (Å²) in [7, 11) is 0. The second-order valence-electron chi connectivity index (χ2n) is 7.71. The summed E-state index contributed by atoms with van der Waals surface area (Å²) >= 11 is 5.08. The molecule has 5 heteroatoms. The van der Waals surface area contributed by atoms with Crippen molar-refractivity contribution < 1.29 is 0 Å². The fraction of sp³-hybridized carbons (Fsp3) is 0.474. The SMILES string of the molecule is CC1(C)[C@@H]2CC[C@@]1(C)/C(=N/Nc1nc(-c3ccc(Br)cc3)cs1)C2. The van der Waals surface area contributed by atoms with Crippen LogP contribution in [-0.4, -0.2) is 10.7 Å². The van der Waals surface area contributed by atoms with Crippen molar-refractivity contribution in [3.05, 3.63) is 34.1 Å². The van der Waals surface area contributed by atoms with E-state index in [-0.39, 0.29) is 5.41 Å². The Morgan fingerprint density at radius 2 is 2.00 bits per heavy atom. The van der Waals surface area contributed by atoms with Gasteiger partial charge in [0, 0.05) is 26.5 Å². The summed E-state index contributed by atoms with van der Waals surface area (Å²) in [5, 5.41) is 7.72. The number of nitrogens with zero attached hydrogens (tertiary/aromatic N) is 2. The molecule has 0 saturated heterocycles. The number of benzene rings is 1. The molecule has 4 rings (SSSR count). The number of nitrogens with one attached hydrogen (secondary N) is 1. The van der Waals surface area contributed by atoms with Crippen LogP contribution in [0.25, 0.3) is 11.3 Å².